The van der Waals surface area contributed by atoms with E-state index in [2.05, 4.69) is 30.5 Å². The first-order valence-electron chi connectivity index (χ1n) is 9.08. The van der Waals surface area contributed by atoms with Gasteiger partial charge < -0.3 is 14.6 Å². The van der Waals surface area contributed by atoms with Gasteiger partial charge in [0.1, 0.15) is 5.76 Å². The summed E-state index contributed by atoms with van der Waals surface area (Å²) < 4.78 is 5.56. The van der Waals surface area contributed by atoms with Crippen molar-refractivity contribution in [3.63, 3.8) is 0 Å². The number of furan rings is 1. The molecule has 0 fully saturated rings. The normalized spacial score (nSPS) is 20.3. The van der Waals surface area contributed by atoms with Crippen molar-refractivity contribution >= 4 is 11.6 Å². The zero-order chi connectivity index (χ0) is 18.7. The number of fused-ring (bicyclic) bond motifs is 1. The summed E-state index contributed by atoms with van der Waals surface area (Å²) in [5.74, 6) is 0.905. The van der Waals surface area contributed by atoms with Gasteiger partial charge in [0.2, 0.25) is 5.91 Å². The highest BCUT2D eigenvalue weighted by atomic mass is 16.3. The maximum atomic E-state index is 12.2. The van der Waals surface area contributed by atoms with Gasteiger partial charge in [0, 0.05) is 29.9 Å². The highest BCUT2D eigenvalue weighted by Gasteiger charge is 2.32. The van der Waals surface area contributed by atoms with Crippen LogP contribution in [-0.2, 0) is 4.79 Å². The number of carbonyl (C=O) groups is 1. The predicted molar refractivity (Wildman–Crippen MR) is 106 cm³/mol. The van der Waals surface area contributed by atoms with Gasteiger partial charge in [0.15, 0.2) is 0 Å². The lowest BCUT2D eigenvalue weighted by Crippen LogP contribution is -2.44. The van der Waals surface area contributed by atoms with E-state index >= 15 is 0 Å². The average Bonchev–Trinajstić information content (AvgIpc) is 3.15. The van der Waals surface area contributed by atoms with Crippen molar-refractivity contribution in [2.75, 3.05) is 4.90 Å². The molecule has 2 unspecified atom stereocenters. The number of nitrogens with one attached hydrogen (secondary N) is 1. The molecule has 0 radical (unpaired) electrons. The van der Waals surface area contributed by atoms with Gasteiger partial charge in [-0.3, -0.25) is 4.79 Å². The number of carbonyl (C=O) groups excluding carboxylic acids is 1. The van der Waals surface area contributed by atoms with Crippen LogP contribution in [0.3, 0.4) is 0 Å². The van der Waals surface area contributed by atoms with E-state index in [1.807, 2.05) is 49.1 Å². The van der Waals surface area contributed by atoms with E-state index in [0.29, 0.717) is 0 Å². The number of anilines is 1. The lowest BCUT2D eigenvalue weighted by molar-refractivity contribution is -0.117. The Morgan fingerprint density at radius 3 is 2.73 bits per heavy atom. The lowest BCUT2D eigenvalue weighted by atomic mass is 9.89. The summed E-state index contributed by atoms with van der Waals surface area (Å²) in [6, 6.07) is 10.3. The number of nitrogens with zero attached hydrogens (tertiary/aromatic N) is 1. The summed E-state index contributed by atoms with van der Waals surface area (Å²) in [6.45, 7) is 7.77. The van der Waals surface area contributed by atoms with E-state index in [4.69, 9.17) is 4.42 Å². The zero-order valence-electron chi connectivity index (χ0n) is 15.8. The fourth-order valence-electron chi connectivity index (χ4n) is 3.69. The van der Waals surface area contributed by atoms with E-state index in [9.17, 15) is 4.79 Å². The Labute approximate surface area is 155 Å². The molecule has 0 spiro atoms. The Bertz CT molecular complexity index is 834. The van der Waals surface area contributed by atoms with Gasteiger partial charge in [0.25, 0.3) is 0 Å². The second-order valence-electron chi connectivity index (χ2n) is 6.67. The van der Waals surface area contributed by atoms with Crippen LogP contribution in [0.1, 0.15) is 45.7 Å². The molecule has 2 aromatic rings. The summed E-state index contributed by atoms with van der Waals surface area (Å²) in [5.41, 5.74) is 4.19. The number of amides is 1. The Morgan fingerprint density at radius 2 is 2.12 bits per heavy atom. The van der Waals surface area contributed by atoms with Crippen molar-refractivity contribution in [3.05, 3.63) is 66.1 Å². The molecule has 2 atom stereocenters. The first-order valence-corrected chi connectivity index (χ1v) is 9.08. The van der Waals surface area contributed by atoms with E-state index in [0.717, 1.165) is 34.7 Å². The Hall–Kier alpha value is -2.75. The molecular weight excluding hydrogens is 324 g/mol. The zero-order valence-corrected chi connectivity index (χ0v) is 15.8. The molecular formula is C22H26N2O2. The number of benzene rings is 1. The second-order valence-corrected chi connectivity index (χ2v) is 6.67. The van der Waals surface area contributed by atoms with Gasteiger partial charge in [-0.1, -0.05) is 12.2 Å². The Balaban J connectivity index is 2.07. The molecule has 1 N–H and O–H groups in total. The van der Waals surface area contributed by atoms with Crippen LogP contribution in [0.4, 0.5) is 5.69 Å². The van der Waals surface area contributed by atoms with Gasteiger partial charge in [-0.15, -0.1) is 0 Å². The van der Waals surface area contributed by atoms with Gasteiger partial charge in [0.05, 0.1) is 12.3 Å². The second kappa shape index (κ2) is 7.65. The summed E-state index contributed by atoms with van der Waals surface area (Å²) in [7, 11) is 0. The first kappa shape index (κ1) is 18.1. The van der Waals surface area contributed by atoms with Crippen molar-refractivity contribution in [2.45, 2.75) is 46.2 Å². The topological polar surface area (TPSA) is 45.5 Å². The molecule has 1 aromatic heterocycles. The van der Waals surface area contributed by atoms with Crippen LogP contribution in [0.2, 0.25) is 0 Å². The van der Waals surface area contributed by atoms with Gasteiger partial charge in [-0.2, -0.15) is 0 Å². The third-order valence-electron chi connectivity index (χ3n) is 4.82. The first-order chi connectivity index (χ1) is 12.5. The van der Waals surface area contributed by atoms with Crippen molar-refractivity contribution in [1.29, 1.82) is 0 Å². The fourth-order valence-corrected chi connectivity index (χ4v) is 3.69. The van der Waals surface area contributed by atoms with Gasteiger partial charge in [-0.25, -0.2) is 0 Å². The molecule has 1 aliphatic rings. The van der Waals surface area contributed by atoms with Crippen LogP contribution in [-0.4, -0.2) is 11.9 Å². The van der Waals surface area contributed by atoms with E-state index in [1.165, 1.54) is 0 Å². The van der Waals surface area contributed by atoms with Crippen LogP contribution in [0.15, 0.2) is 64.9 Å². The smallest absolute Gasteiger partial charge is 0.224 e. The van der Waals surface area contributed by atoms with Crippen molar-refractivity contribution < 1.29 is 9.21 Å². The summed E-state index contributed by atoms with van der Waals surface area (Å²) in [4.78, 5) is 14.1. The minimum absolute atomic E-state index is 0.0719. The minimum atomic E-state index is 0.0719. The standard InChI is InChI=1S/C22H26N2O2/c1-5-8-18(6-2)23-20-13-15(3)24(16(4)25)21-11-10-17(14-19(20)21)22-9-7-12-26-22/h5-12,14-15,20,23H,13H2,1-4H3/b8-5-,18-6+. The molecule has 4 nitrogen and oxygen atoms in total. The largest absolute Gasteiger partial charge is 0.464 e. The SMILES string of the molecule is C/C=C\C(=C/C)NC1CC(C)N(C(C)=O)c2ccc(-c3ccco3)cc21. The molecule has 0 bridgehead atoms. The summed E-state index contributed by atoms with van der Waals surface area (Å²) >= 11 is 0. The molecule has 0 saturated carbocycles. The highest BCUT2D eigenvalue weighted by molar-refractivity contribution is 5.94. The van der Waals surface area contributed by atoms with E-state index in [1.54, 1.807) is 13.2 Å². The molecule has 1 amide bonds. The maximum Gasteiger partial charge on any atom is 0.224 e. The van der Waals surface area contributed by atoms with Crippen molar-refractivity contribution in [1.82, 2.24) is 5.32 Å². The Morgan fingerprint density at radius 1 is 1.31 bits per heavy atom. The van der Waals surface area contributed by atoms with E-state index < -0.39 is 0 Å². The lowest BCUT2D eigenvalue weighted by Gasteiger charge is -2.40. The molecule has 0 aliphatic carbocycles. The van der Waals surface area contributed by atoms with Crippen LogP contribution in [0.25, 0.3) is 11.3 Å². The molecule has 1 aliphatic heterocycles. The van der Waals surface area contributed by atoms with Gasteiger partial charge in [-0.05, 0) is 69.2 Å². The number of hydrogen-bond donors (Lipinski definition) is 1. The molecule has 1 aromatic carbocycles. The molecule has 4 heteroatoms. The average molecular weight is 350 g/mol. The van der Waals surface area contributed by atoms with Gasteiger partial charge >= 0.3 is 0 Å². The number of allylic oxidation sites excluding steroid dienone is 3. The van der Waals surface area contributed by atoms with Crippen molar-refractivity contribution in [2.24, 2.45) is 0 Å². The molecule has 3 rings (SSSR count). The minimum Gasteiger partial charge on any atom is -0.464 e. The third-order valence-corrected chi connectivity index (χ3v) is 4.82. The monoisotopic (exact) mass is 350 g/mol. The van der Waals surface area contributed by atoms with Crippen LogP contribution in [0.5, 0.6) is 0 Å². The van der Waals surface area contributed by atoms with Crippen LogP contribution in [0, 0.1) is 0 Å². The summed E-state index contributed by atoms with van der Waals surface area (Å²) in [6.07, 6.45) is 8.69. The quantitative estimate of drug-likeness (QED) is 0.771. The maximum absolute atomic E-state index is 12.2. The predicted octanol–water partition coefficient (Wildman–Crippen LogP) is 5.20. The summed E-state index contributed by atoms with van der Waals surface area (Å²) in [5, 5.41) is 3.63. The molecule has 136 valence electrons. The fraction of sp³-hybridized carbons (Fsp3) is 0.318. The van der Waals surface area contributed by atoms with Crippen molar-refractivity contribution in [3.8, 4) is 11.3 Å². The molecule has 0 saturated heterocycles. The number of hydrogen-bond acceptors (Lipinski definition) is 3. The highest BCUT2D eigenvalue weighted by Crippen LogP contribution is 2.40. The Kier molecular flexibility index (Phi) is 5.31. The van der Waals surface area contributed by atoms with E-state index in [-0.39, 0.29) is 18.0 Å². The molecule has 26 heavy (non-hydrogen) atoms. The van der Waals surface area contributed by atoms with Crippen LogP contribution >= 0.6 is 0 Å². The number of rotatable bonds is 4. The third kappa shape index (κ3) is 3.45. The van der Waals surface area contributed by atoms with Crippen LogP contribution < -0.4 is 10.2 Å². The molecule has 2 heterocycles.